The van der Waals surface area contributed by atoms with Crippen LogP contribution in [0.3, 0.4) is 0 Å². The van der Waals surface area contributed by atoms with Gasteiger partial charge in [-0.15, -0.1) is 0 Å². The zero-order valence-electron chi connectivity index (χ0n) is 20.4. The molecule has 0 bridgehead atoms. The van der Waals surface area contributed by atoms with Crippen molar-refractivity contribution in [2.24, 2.45) is 0 Å². The third-order valence-electron chi connectivity index (χ3n) is 7.11. The standard InChI is InChI=1S/C25H28F3N7O2/c1-34-16(12-36)9-21(35(34)2)25(37)32-15-5-3-4-14(8-15)31-24-20(28)11-30-23(33-24)18-10-29-22-17(18)6-13(26)7-19(22)27/h6-7,9-11,14-16,29,36H,3-5,8,12H2,1-2H3,(H,32,37)(H,30,31,33)/t14-,15+,16?/m0/s1. The topological polar surface area (TPSA) is 109 Å². The molecule has 12 heteroatoms. The van der Waals surface area contributed by atoms with Gasteiger partial charge in [0.25, 0.3) is 5.91 Å². The number of anilines is 1. The minimum absolute atomic E-state index is 0.0150. The Morgan fingerprint density at radius 1 is 1.19 bits per heavy atom. The first-order chi connectivity index (χ1) is 17.7. The maximum absolute atomic E-state index is 14.6. The van der Waals surface area contributed by atoms with E-state index in [1.165, 1.54) is 12.3 Å². The number of carbonyl (C=O) groups is 1. The predicted octanol–water partition coefficient (Wildman–Crippen LogP) is 2.92. The number of hydrogen-bond donors (Lipinski definition) is 4. The van der Waals surface area contributed by atoms with E-state index in [9.17, 15) is 23.1 Å². The van der Waals surface area contributed by atoms with E-state index in [-0.39, 0.29) is 53.2 Å². The van der Waals surface area contributed by atoms with Gasteiger partial charge >= 0.3 is 0 Å². The van der Waals surface area contributed by atoms with Crippen LogP contribution in [0.2, 0.25) is 0 Å². The number of carbonyl (C=O) groups excluding carboxylic acids is 1. The third kappa shape index (κ3) is 4.86. The number of halogens is 3. The molecule has 1 unspecified atom stereocenters. The number of nitrogens with one attached hydrogen (secondary N) is 3. The zero-order valence-corrected chi connectivity index (χ0v) is 20.4. The monoisotopic (exact) mass is 515 g/mol. The van der Waals surface area contributed by atoms with E-state index in [2.05, 4.69) is 25.6 Å². The minimum Gasteiger partial charge on any atom is -0.394 e. The molecule has 1 aromatic carbocycles. The van der Waals surface area contributed by atoms with Gasteiger partial charge in [-0.1, -0.05) is 0 Å². The molecule has 3 atom stereocenters. The quantitative estimate of drug-likeness (QED) is 0.400. The van der Waals surface area contributed by atoms with Crippen molar-refractivity contribution in [2.45, 2.75) is 43.8 Å². The van der Waals surface area contributed by atoms with Gasteiger partial charge in [0, 0.05) is 49.4 Å². The molecule has 1 amide bonds. The molecular weight excluding hydrogens is 487 g/mol. The second-order valence-electron chi connectivity index (χ2n) is 9.48. The Hall–Kier alpha value is -3.64. The van der Waals surface area contributed by atoms with E-state index in [0.717, 1.165) is 31.5 Å². The lowest BCUT2D eigenvalue weighted by molar-refractivity contribution is -0.121. The smallest absolute Gasteiger partial charge is 0.268 e. The molecule has 0 spiro atoms. The Kier molecular flexibility index (Phi) is 6.78. The van der Waals surface area contributed by atoms with Gasteiger partial charge in [-0.2, -0.15) is 0 Å². The Morgan fingerprint density at radius 3 is 2.73 bits per heavy atom. The molecule has 3 aromatic rings. The number of likely N-dealkylation sites (N-methyl/N-ethyl adjacent to an activating group) is 2. The van der Waals surface area contributed by atoms with Gasteiger partial charge in [-0.25, -0.2) is 28.1 Å². The van der Waals surface area contributed by atoms with Crippen molar-refractivity contribution in [1.29, 1.82) is 0 Å². The molecule has 37 heavy (non-hydrogen) atoms. The maximum Gasteiger partial charge on any atom is 0.268 e. The van der Waals surface area contributed by atoms with Gasteiger partial charge in [-0.3, -0.25) is 4.79 Å². The van der Waals surface area contributed by atoms with E-state index in [4.69, 9.17) is 0 Å². The molecule has 1 fully saturated rings. The fourth-order valence-electron chi connectivity index (χ4n) is 5.03. The third-order valence-corrected chi connectivity index (χ3v) is 7.11. The van der Waals surface area contributed by atoms with E-state index in [0.29, 0.717) is 17.7 Å². The maximum atomic E-state index is 14.6. The summed E-state index contributed by atoms with van der Waals surface area (Å²) >= 11 is 0. The Bertz CT molecular complexity index is 1360. The fraction of sp³-hybridized carbons (Fsp3) is 0.400. The summed E-state index contributed by atoms with van der Waals surface area (Å²) in [5.74, 6) is -2.25. The van der Waals surface area contributed by atoms with Crippen LogP contribution in [0.1, 0.15) is 25.7 Å². The SMILES string of the molecule is CN1C(C(=O)N[C@@H]2CCC[C@H](Nc3nc(-c4c[nH]c5c(F)cc(F)cc45)ncc3F)C2)=CC(CO)N1C. The number of aliphatic hydroxyl groups is 1. The van der Waals surface area contributed by atoms with E-state index < -0.39 is 17.5 Å². The van der Waals surface area contributed by atoms with Crippen molar-refractivity contribution >= 4 is 22.6 Å². The highest BCUT2D eigenvalue weighted by atomic mass is 19.1. The number of hydrogen-bond acceptors (Lipinski definition) is 7. The van der Waals surface area contributed by atoms with Crippen LogP contribution < -0.4 is 10.6 Å². The second-order valence-corrected chi connectivity index (χ2v) is 9.48. The van der Waals surface area contributed by atoms with Crippen molar-refractivity contribution in [3.63, 3.8) is 0 Å². The molecule has 2 aromatic heterocycles. The predicted molar refractivity (Wildman–Crippen MR) is 131 cm³/mol. The first-order valence-corrected chi connectivity index (χ1v) is 12.1. The van der Waals surface area contributed by atoms with Crippen molar-refractivity contribution in [1.82, 2.24) is 30.3 Å². The van der Waals surface area contributed by atoms with Gasteiger partial charge < -0.3 is 25.7 Å². The summed E-state index contributed by atoms with van der Waals surface area (Å²) in [6.45, 7) is -0.0953. The Morgan fingerprint density at radius 2 is 1.97 bits per heavy atom. The number of H-pyrrole nitrogens is 1. The van der Waals surface area contributed by atoms with Crippen molar-refractivity contribution in [3.05, 3.63) is 53.8 Å². The summed E-state index contributed by atoms with van der Waals surface area (Å²) in [5, 5.41) is 19.4. The van der Waals surface area contributed by atoms with Crippen molar-refractivity contribution in [3.8, 4) is 11.4 Å². The lowest BCUT2D eigenvalue weighted by Crippen LogP contribution is -2.45. The van der Waals surface area contributed by atoms with Crippen LogP contribution in [0.15, 0.2) is 36.3 Å². The summed E-state index contributed by atoms with van der Waals surface area (Å²) in [6, 6.07) is 1.42. The molecule has 2 aliphatic rings. The van der Waals surface area contributed by atoms with Crippen molar-refractivity contribution in [2.75, 3.05) is 26.0 Å². The first kappa shape index (κ1) is 25.0. The number of aromatic nitrogens is 3. The van der Waals surface area contributed by atoms with Crippen LogP contribution in [-0.4, -0.2) is 74.8 Å². The van der Waals surface area contributed by atoms with Gasteiger partial charge in [-0.05, 0) is 37.8 Å². The fourth-order valence-corrected chi connectivity index (χ4v) is 5.03. The van der Waals surface area contributed by atoms with Crippen molar-refractivity contribution < 1.29 is 23.1 Å². The minimum atomic E-state index is -0.741. The molecule has 0 saturated heterocycles. The zero-order chi connectivity index (χ0) is 26.3. The Balaban J connectivity index is 1.30. The molecule has 5 rings (SSSR count). The van der Waals surface area contributed by atoms with Crippen LogP contribution in [0.4, 0.5) is 19.0 Å². The number of nitrogens with zero attached hydrogens (tertiary/aromatic N) is 4. The van der Waals surface area contributed by atoms with E-state index in [1.54, 1.807) is 30.2 Å². The molecule has 1 aliphatic heterocycles. The average Bonchev–Trinajstić information content (AvgIpc) is 3.42. The summed E-state index contributed by atoms with van der Waals surface area (Å²) < 4.78 is 42.6. The number of aliphatic hydroxyl groups excluding tert-OH is 1. The molecular formula is C25H28F3N7O2. The Labute approximate surface area is 211 Å². The lowest BCUT2D eigenvalue weighted by Gasteiger charge is -2.32. The number of benzene rings is 1. The molecule has 1 saturated carbocycles. The highest BCUT2D eigenvalue weighted by Crippen LogP contribution is 2.30. The molecule has 4 N–H and O–H groups in total. The van der Waals surface area contributed by atoms with E-state index >= 15 is 0 Å². The number of fused-ring (bicyclic) bond motifs is 1. The molecule has 9 nitrogen and oxygen atoms in total. The first-order valence-electron chi connectivity index (χ1n) is 12.1. The molecule has 196 valence electrons. The van der Waals surface area contributed by atoms with Crippen LogP contribution in [0.25, 0.3) is 22.3 Å². The van der Waals surface area contributed by atoms with Gasteiger partial charge in [0.1, 0.15) is 17.3 Å². The van der Waals surface area contributed by atoms with Crippen LogP contribution >= 0.6 is 0 Å². The second kappa shape index (κ2) is 10.0. The molecule has 3 heterocycles. The highest BCUT2D eigenvalue weighted by Gasteiger charge is 2.32. The van der Waals surface area contributed by atoms with Gasteiger partial charge in [0.15, 0.2) is 17.5 Å². The van der Waals surface area contributed by atoms with E-state index in [1.807, 2.05) is 0 Å². The normalized spacial score (nSPS) is 22.4. The van der Waals surface area contributed by atoms with Crippen LogP contribution in [0.5, 0.6) is 0 Å². The largest absolute Gasteiger partial charge is 0.394 e. The number of aromatic amines is 1. The average molecular weight is 516 g/mol. The lowest BCUT2D eigenvalue weighted by atomic mass is 9.91. The molecule has 0 radical (unpaired) electrons. The number of rotatable bonds is 6. The van der Waals surface area contributed by atoms with Crippen LogP contribution in [-0.2, 0) is 4.79 Å². The number of hydrazine groups is 1. The van der Waals surface area contributed by atoms with Gasteiger partial charge in [0.05, 0.1) is 24.4 Å². The highest BCUT2D eigenvalue weighted by molar-refractivity contribution is 5.94. The summed E-state index contributed by atoms with van der Waals surface area (Å²) in [6.07, 6.45) is 7.13. The van der Waals surface area contributed by atoms with Crippen LogP contribution in [0, 0.1) is 17.5 Å². The number of amides is 1. The summed E-state index contributed by atoms with van der Waals surface area (Å²) in [5.41, 5.74) is 0.935. The summed E-state index contributed by atoms with van der Waals surface area (Å²) in [4.78, 5) is 24.0. The van der Waals surface area contributed by atoms with Gasteiger partial charge in [0.2, 0.25) is 0 Å². The molecule has 1 aliphatic carbocycles. The summed E-state index contributed by atoms with van der Waals surface area (Å²) in [7, 11) is 3.56.